The van der Waals surface area contributed by atoms with Gasteiger partial charge in [0.2, 0.25) is 11.8 Å². The normalized spacial score (nSPS) is 17.4. The fourth-order valence-electron chi connectivity index (χ4n) is 19.8. The van der Waals surface area contributed by atoms with Crippen LogP contribution >= 0.6 is 63.7 Å². The number of nitrogens with two attached hydrogens (primary N) is 4. The highest BCUT2D eigenvalue weighted by Crippen LogP contribution is 2.45. The van der Waals surface area contributed by atoms with Gasteiger partial charge in [-0.1, -0.05) is 159 Å². The van der Waals surface area contributed by atoms with Gasteiger partial charge in [-0.05, 0) is 159 Å². The molecule has 0 radical (unpaired) electrons. The minimum atomic E-state index is -1.12. The maximum absolute atomic E-state index is 13.0. The summed E-state index contributed by atoms with van der Waals surface area (Å²) in [6.45, 7) is 11.0. The van der Waals surface area contributed by atoms with Crippen LogP contribution < -0.4 is 33.6 Å². The number of anilines is 4. The van der Waals surface area contributed by atoms with Crippen LogP contribution in [-0.2, 0) is 28.7 Å². The van der Waals surface area contributed by atoms with Crippen molar-refractivity contribution in [3.63, 3.8) is 0 Å². The number of likely N-dealkylation sites (N-methyl/N-ethyl adjacent to an activating group) is 1. The molecule has 39 heteroatoms. The summed E-state index contributed by atoms with van der Waals surface area (Å²) < 4.78 is 15.3. The zero-order valence-corrected chi connectivity index (χ0v) is 86.7. The molecule has 746 valence electrons. The van der Waals surface area contributed by atoms with E-state index >= 15 is 0 Å². The average Bonchev–Trinajstić information content (AvgIpc) is 1.63. The number of imide groups is 1. The Bertz CT molecular complexity index is 7540. The monoisotopic (exact) mass is 2210 g/mol. The molecule has 1 aliphatic carbocycles. The van der Waals surface area contributed by atoms with Crippen molar-refractivity contribution in [1.82, 2.24) is 113 Å². The third-order valence-corrected chi connectivity index (χ3v) is 31.6. The first-order valence-corrected chi connectivity index (χ1v) is 52.1. The standard InChI is InChI=1S/C28H30BrN7O2.C27H25BrN8O3.C26H25BrN6O2.C26H27BrN6O/c1-34-13-14-38-23(17-34)28(37)35-11-9-19(10-12-35)25-24(29)26(30)36-27(33-25)21(16-32-36)20-7-8-22(31-15-20)18-5-3-2-4-6-18;28-22-23(16-8-10-35(11-9-16)21(37)12-20-26(38)34-27(39)32-20)33-25-18(14-31-36(25)24(22)29)17-6-7-19(30-13-17)15-4-2-1-3-5-15;27-21-22(17-8-12-32(13-9-17)25(34)26(35)10-11-26)31-24-19(15-30-33(24)23(21)28)18-6-7-20(29-14-18)16-4-2-1-3-5-16;1-16(2)26(34)32-12-10-18(11-13-32)23-22(27)24(28)33-25(31-23)20(15-30-33)19-8-9-21(29-14-19)17-6-4-3-5-7-17/h2-8,15-16,19,23H,9-14,17,30H2,1H3;1-7,13-14,16,20H,8-12,29H2,(H2,32,34,38,39);1-7,14-15,17,35H,8-13,28H2;3-9,14-16,18H,10-13,28H2,1-2H3. The highest BCUT2D eigenvalue weighted by atomic mass is 79.9. The maximum Gasteiger partial charge on any atom is 0.322 e. The average molecular weight is 2220 g/mol. The van der Waals surface area contributed by atoms with Crippen LogP contribution in [0.3, 0.4) is 0 Å². The van der Waals surface area contributed by atoms with Crippen molar-refractivity contribution >= 4 is 145 Å². The molecular formula is C107H107Br4N27O8. The van der Waals surface area contributed by atoms with Crippen molar-refractivity contribution in [2.24, 2.45) is 5.92 Å². The molecule has 6 saturated heterocycles. The van der Waals surface area contributed by atoms with Gasteiger partial charge < -0.3 is 62.6 Å². The summed E-state index contributed by atoms with van der Waals surface area (Å²) in [4.78, 5) is 122. The summed E-state index contributed by atoms with van der Waals surface area (Å²) in [6.07, 6.45) is 21.4. The van der Waals surface area contributed by atoms with E-state index in [0.717, 1.165) is 184 Å². The number of amides is 7. The highest BCUT2D eigenvalue weighted by Gasteiger charge is 2.51. The lowest BCUT2D eigenvalue weighted by Crippen LogP contribution is -2.51. The fourth-order valence-corrected chi connectivity index (χ4v) is 22.1. The second-order valence-electron chi connectivity index (χ2n) is 38.1. The summed E-state index contributed by atoms with van der Waals surface area (Å²) in [5.41, 5.74) is 46.0. The van der Waals surface area contributed by atoms with E-state index in [1.54, 1.807) is 52.6 Å². The van der Waals surface area contributed by atoms with Crippen LogP contribution in [0.15, 0.2) is 237 Å². The minimum absolute atomic E-state index is 0.0182. The van der Waals surface area contributed by atoms with Crippen LogP contribution in [0.4, 0.5) is 28.1 Å². The Labute approximate surface area is 874 Å². The Kier molecular flexibility index (Phi) is 29.1. The van der Waals surface area contributed by atoms with Crippen LogP contribution in [0.25, 0.3) is 112 Å². The quantitative estimate of drug-likeness (QED) is 0.0416. The predicted octanol–water partition coefficient (Wildman–Crippen LogP) is 16.1. The molecule has 23 rings (SSSR count). The molecule has 11 N–H and O–H groups in total. The number of fused-ring (bicyclic) bond motifs is 4. The highest BCUT2D eigenvalue weighted by molar-refractivity contribution is 9.11. The number of ether oxygens (including phenoxy) is 1. The number of benzene rings is 4. The van der Waals surface area contributed by atoms with Gasteiger partial charge in [-0.2, -0.15) is 38.5 Å². The van der Waals surface area contributed by atoms with E-state index in [4.69, 9.17) is 47.6 Å². The van der Waals surface area contributed by atoms with Crippen molar-refractivity contribution in [2.45, 2.75) is 126 Å². The molecule has 35 nitrogen and oxygen atoms in total. The Hall–Kier alpha value is -14.2. The third-order valence-electron chi connectivity index (χ3n) is 28.4. The molecule has 4 aromatic carbocycles. The van der Waals surface area contributed by atoms with Crippen molar-refractivity contribution < 1.29 is 38.6 Å². The lowest BCUT2D eigenvalue weighted by atomic mass is 9.92. The SMILES string of the molecule is CC(C)C(=O)N1CCC(c2nc3c(-c4ccc(-c5ccccc5)nc4)cnn3c(N)c2Br)CC1.CN1CCOC(C(=O)N2CCC(c3nc4c(-c5ccc(-c6ccccc6)nc5)cnn4c(N)c3Br)CC2)C1.Nc1c(Br)c(C2CCN(C(=O)C3(O)CC3)CC2)nc2c(-c3ccc(-c4ccccc4)nc3)cnn12.Nc1c(Br)c(C2CCN(C(=O)CC3NC(=O)NC3=O)CC2)nc2c(-c3ccc(-c4ccccc4)nc3)cnn12. The second-order valence-corrected chi connectivity index (χ2v) is 41.3. The van der Waals surface area contributed by atoms with Gasteiger partial charge in [0.1, 0.15) is 41.0 Å². The number of aliphatic hydroxyl groups is 1. The number of nitrogens with one attached hydrogen (secondary N) is 2. The van der Waals surface area contributed by atoms with Crippen LogP contribution in [0.5, 0.6) is 0 Å². The number of aromatic nitrogens is 16. The Morgan fingerprint density at radius 3 is 1.00 bits per heavy atom. The summed E-state index contributed by atoms with van der Waals surface area (Å²) in [5, 5.41) is 32.8. The number of nitrogens with zero attached hydrogens (tertiary/aromatic N) is 21. The molecule has 2 atom stereocenters. The second kappa shape index (κ2) is 42.8. The van der Waals surface area contributed by atoms with Crippen LogP contribution in [0.2, 0.25) is 0 Å². The summed E-state index contributed by atoms with van der Waals surface area (Å²) in [5.74, 6) is 2.16. The molecule has 2 unspecified atom stereocenters. The minimum Gasteiger partial charge on any atom is -0.383 e. The van der Waals surface area contributed by atoms with Gasteiger partial charge in [-0.25, -0.2) is 24.7 Å². The largest absolute Gasteiger partial charge is 0.383 e. The number of carbonyl (C=O) groups is 6. The first-order chi connectivity index (χ1) is 70.8. The van der Waals surface area contributed by atoms with Gasteiger partial charge in [0.15, 0.2) is 22.6 Å². The van der Waals surface area contributed by atoms with Crippen molar-refractivity contribution in [3.8, 4) is 89.5 Å². The van der Waals surface area contributed by atoms with Crippen molar-refractivity contribution in [2.75, 3.05) is 102 Å². The third kappa shape index (κ3) is 20.7. The molecule has 7 aliphatic rings. The van der Waals surface area contributed by atoms with Crippen molar-refractivity contribution in [3.05, 3.63) is 260 Å². The van der Waals surface area contributed by atoms with E-state index < -0.39 is 23.6 Å². The van der Waals surface area contributed by atoms with Crippen LogP contribution in [-0.4, -0.2) is 240 Å². The number of urea groups is 1. The number of pyridine rings is 4. The van der Waals surface area contributed by atoms with E-state index in [1.807, 2.05) is 225 Å². The van der Waals surface area contributed by atoms with Gasteiger partial charge in [-0.3, -0.25) is 49.2 Å². The molecule has 146 heavy (non-hydrogen) atoms. The summed E-state index contributed by atoms with van der Waals surface area (Å²) in [7, 11) is 2.02. The first kappa shape index (κ1) is 99.1. The predicted molar refractivity (Wildman–Crippen MR) is 571 cm³/mol. The number of likely N-dealkylation sites (tertiary alicyclic amines) is 4. The van der Waals surface area contributed by atoms with Crippen molar-refractivity contribution in [1.29, 1.82) is 0 Å². The summed E-state index contributed by atoms with van der Waals surface area (Å²) >= 11 is 14.6. The van der Waals surface area contributed by atoms with E-state index in [1.165, 1.54) is 0 Å². The van der Waals surface area contributed by atoms with E-state index in [9.17, 15) is 33.9 Å². The lowest BCUT2D eigenvalue weighted by Gasteiger charge is -2.36. The molecule has 16 aromatic rings. The molecule has 7 fully saturated rings. The van der Waals surface area contributed by atoms with Gasteiger partial charge in [-0.15, -0.1) is 0 Å². The van der Waals surface area contributed by atoms with E-state index in [0.29, 0.717) is 128 Å². The summed E-state index contributed by atoms with van der Waals surface area (Å²) in [6, 6.07) is 54.9. The molecule has 7 amide bonds. The fraction of sp³-hybridized carbons (Fsp3) is 0.308. The number of carbonyl (C=O) groups excluding carboxylic acids is 6. The zero-order valence-electron chi connectivity index (χ0n) is 80.4. The Balaban J connectivity index is 0.000000119. The molecule has 0 bridgehead atoms. The lowest BCUT2D eigenvalue weighted by molar-refractivity contribution is -0.150. The van der Waals surface area contributed by atoms with Gasteiger partial charge in [0.05, 0.1) is 101 Å². The van der Waals surface area contributed by atoms with E-state index in [2.05, 4.69) is 120 Å². The number of halogens is 4. The number of rotatable bonds is 17. The molecule has 18 heterocycles. The molecule has 12 aromatic heterocycles. The van der Waals surface area contributed by atoms with Crippen LogP contribution in [0, 0.1) is 5.92 Å². The number of nitrogen functional groups attached to an aromatic ring is 4. The van der Waals surface area contributed by atoms with Gasteiger partial charge in [0.25, 0.3) is 17.7 Å². The Morgan fingerprint density at radius 2 is 0.719 bits per heavy atom. The number of hydrogen-bond acceptors (Lipinski definition) is 25. The smallest absolute Gasteiger partial charge is 0.322 e. The first-order valence-electron chi connectivity index (χ1n) is 48.9. The van der Waals surface area contributed by atoms with E-state index in [-0.39, 0.29) is 65.7 Å². The maximum atomic E-state index is 13.0. The van der Waals surface area contributed by atoms with Gasteiger partial charge >= 0.3 is 6.03 Å². The number of piperidine rings is 4. The molecule has 1 saturated carbocycles. The number of hydrogen-bond donors (Lipinski definition) is 7. The van der Waals surface area contributed by atoms with Gasteiger partial charge in [0, 0.05) is 187 Å². The topological polar surface area (TPSA) is 449 Å². The molecule has 0 spiro atoms. The molecule has 6 aliphatic heterocycles. The Morgan fingerprint density at radius 1 is 0.411 bits per heavy atom. The number of morpholine rings is 1. The van der Waals surface area contributed by atoms with Crippen LogP contribution in [0.1, 0.15) is 131 Å². The zero-order chi connectivity index (χ0) is 101. The molecular weight excluding hydrogens is 2110 g/mol.